The van der Waals surface area contributed by atoms with E-state index < -0.39 is 72.0 Å². The van der Waals surface area contributed by atoms with Gasteiger partial charge in [-0.3, -0.25) is 28.8 Å². The maximum atomic E-state index is 14.2. The molecule has 15 heteroatoms. The lowest BCUT2D eigenvalue weighted by Crippen LogP contribution is -2.60. The lowest BCUT2D eigenvalue weighted by molar-refractivity contribution is -0.143. The Morgan fingerprint density at radius 1 is 0.794 bits per heavy atom. The smallest absolute Gasteiger partial charge is 0.269 e. The maximum absolute atomic E-state index is 14.2. The number of nitrogens with one attached hydrogen (secondary N) is 6. The van der Waals surface area contributed by atoms with Gasteiger partial charge in [0.2, 0.25) is 23.6 Å². The Bertz CT molecular complexity index is 2130. The first-order valence-corrected chi connectivity index (χ1v) is 24.0. The van der Waals surface area contributed by atoms with Crippen LogP contribution in [-0.2, 0) is 51.1 Å². The second-order valence-corrected chi connectivity index (χ2v) is 17.5. The van der Waals surface area contributed by atoms with Gasteiger partial charge in [0, 0.05) is 40.4 Å². The molecule has 1 fully saturated rings. The highest BCUT2D eigenvalue weighted by Crippen LogP contribution is 2.25. The molecule has 0 aliphatic carbocycles. The van der Waals surface area contributed by atoms with Crippen LogP contribution in [0.3, 0.4) is 0 Å². The van der Waals surface area contributed by atoms with Crippen LogP contribution in [0.4, 0.5) is 0 Å². The molecule has 4 unspecified atom stereocenters. The summed E-state index contributed by atoms with van der Waals surface area (Å²) in [6.45, 7) is 17.6. The van der Waals surface area contributed by atoms with E-state index >= 15 is 0 Å². The number of hydrogen-bond donors (Lipinski definition) is 6. The number of nitrogens with zero attached hydrogens (tertiary/aromatic N) is 1. The topological polar surface area (TPSA) is 204 Å². The second-order valence-electron chi connectivity index (χ2n) is 17.5. The number of ether oxygens (including phenoxy) is 1. The second kappa shape index (κ2) is 30.3. The van der Waals surface area contributed by atoms with E-state index in [9.17, 15) is 28.8 Å². The third kappa shape index (κ3) is 17.2. The molecular formula is C53H79N7O8. The number of Topliss-reactive ketones (excluding diaryl/α,β-unsaturated/α-hetero) is 1. The number of ketones is 1. The highest BCUT2D eigenvalue weighted by molar-refractivity contribution is 6.03. The van der Waals surface area contributed by atoms with Crippen molar-refractivity contribution in [2.24, 2.45) is 11.8 Å². The van der Waals surface area contributed by atoms with Crippen molar-refractivity contribution in [1.82, 2.24) is 36.8 Å². The van der Waals surface area contributed by atoms with E-state index in [1.807, 2.05) is 76.9 Å². The molecule has 7 atom stereocenters. The number of methoxy groups -OCH3 is 1. The molecule has 1 aliphatic rings. The van der Waals surface area contributed by atoms with E-state index in [1.165, 1.54) is 42.2 Å². The fraction of sp³-hybridized carbons (Fsp3) is 0.528. The zero-order valence-corrected chi connectivity index (χ0v) is 42.3. The fourth-order valence-corrected chi connectivity index (χ4v) is 8.13. The average molecular weight is 942 g/mol. The van der Waals surface area contributed by atoms with Crippen LogP contribution in [0.2, 0.25) is 0 Å². The van der Waals surface area contributed by atoms with Crippen molar-refractivity contribution < 1.29 is 38.3 Å². The third-order valence-electron chi connectivity index (χ3n) is 12.3. The Morgan fingerprint density at radius 3 is 2.01 bits per heavy atom. The maximum Gasteiger partial charge on any atom is 0.269 e. The SMILES string of the molecule is C=O.CCC[C@H](NC(=O)C1C[C@@H](OC)CN1C(=O)C(NC(=O)[C@@H](NC(=O)/C(=C/NC)NC)C(C)CC)C(C)C)C(=O)CC(=O)NC(C)c1ccc2ccccc2c1.CCCc1ccccc1CC. The van der Waals surface area contributed by atoms with Gasteiger partial charge in [-0.2, -0.15) is 0 Å². The summed E-state index contributed by atoms with van der Waals surface area (Å²) < 4.78 is 5.58. The standard InChI is InChI=1S/C41H61N7O7.C11H16.CH2O/c1-10-14-31(34(49)21-35(50)44-26(6)28-18-17-27-15-12-13-16-29(27)19-28)45-39(52)33-20-30(55-9)23-48(33)41(54)36(24(3)4)46-40(53)37(25(5)11-2)47-38(51)32(43-8)22-42-7;1-3-7-11-9-6-5-8-10(11)4-2;1-2/h12-13,15-19,22,24-26,30-31,33,36-37,42-43H,10-11,14,20-21,23H2,1-9H3,(H,44,50)(H,45,52)(H,46,53)(H,47,51);5-6,8-9H,3-4,7H2,1-2H3;1H2/b32-22-;;/t25?,26?,30-,31+,33?,36?,37+;;/m1../s1. The number of carbonyl (C=O) groups excluding carboxylic acids is 7. The molecule has 15 nitrogen and oxygen atoms in total. The van der Waals surface area contributed by atoms with Gasteiger partial charge in [0.1, 0.15) is 30.6 Å². The van der Waals surface area contributed by atoms with E-state index in [4.69, 9.17) is 9.53 Å². The molecule has 0 spiro atoms. The molecule has 0 aromatic heterocycles. The summed E-state index contributed by atoms with van der Waals surface area (Å²) in [5.74, 6) is -3.58. The first-order chi connectivity index (χ1) is 32.6. The number of rotatable bonds is 23. The van der Waals surface area contributed by atoms with Crippen molar-refractivity contribution in [1.29, 1.82) is 0 Å². The van der Waals surface area contributed by atoms with Gasteiger partial charge in [0.05, 0.1) is 24.6 Å². The summed E-state index contributed by atoms with van der Waals surface area (Å²) in [5.41, 5.74) is 4.16. The van der Waals surface area contributed by atoms with E-state index in [0.717, 1.165) is 22.8 Å². The molecule has 0 radical (unpaired) electrons. The number of likely N-dealkylation sites (tertiary alicyclic amines) is 1. The van der Waals surface area contributed by atoms with Crippen LogP contribution in [0.1, 0.15) is 117 Å². The van der Waals surface area contributed by atoms with Gasteiger partial charge in [-0.05, 0) is 71.6 Å². The quantitative estimate of drug-likeness (QED) is 0.0495. The Labute approximate surface area is 404 Å². The summed E-state index contributed by atoms with van der Waals surface area (Å²) >= 11 is 0. The largest absolute Gasteiger partial charge is 0.392 e. The normalized spacial score (nSPS) is 16.6. The van der Waals surface area contributed by atoms with Crippen LogP contribution in [0, 0.1) is 11.8 Å². The molecule has 0 saturated carbocycles. The lowest BCUT2D eigenvalue weighted by Gasteiger charge is -2.32. The van der Waals surface area contributed by atoms with Gasteiger partial charge in [-0.1, -0.05) is 128 Å². The number of fused-ring (bicyclic) bond motifs is 1. The third-order valence-corrected chi connectivity index (χ3v) is 12.3. The Balaban J connectivity index is 0.00000106. The molecular weight excluding hydrogens is 863 g/mol. The predicted molar refractivity (Wildman–Crippen MR) is 269 cm³/mol. The predicted octanol–water partition coefficient (Wildman–Crippen LogP) is 5.85. The van der Waals surface area contributed by atoms with Crippen LogP contribution >= 0.6 is 0 Å². The molecule has 4 rings (SSSR count). The number of aryl methyl sites for hydroxylation is 2. The van der Waals surface area contributed by atoms with Crippen molar-refractivity contribution >= 4 is 52.9 Å². The number of benzene rings is 3. The highest BCUT2D eigenvalue weighted by atomic mass is 16.5. The molecule has 5 amide bonds. The molecule has 0 bridgehead atoms. The van der Waals surface area contributed by atoms with Crippen LogP contribution in [0.5, 0.6) is 0 Å². The van der Waals surface area contributed by atoms with E-state index in [2.05, 4.69) is 70.0 Å². The Kier molecular flexibility index (Phi) is 25.9. The van der Waals surface area contributed by atoms with Gasteiger partial charge in [-0.15, -0.1) is 0 Å². The first-order valence-electron chi connectivity index (χ1n) is 24.0. The summed E-state index contributed by atoms with van der Waals surface area (Å²) in [6, 6.07) is 18.3. The van der Waals surface area contributed by atoms with Crippen molar-refractivity contribution in [3.05, 3.63) is 95.3 Å². The van der Waals surface area contributed by atoms with Crippen LogP contribution < -0.4 is 31.9 Å². The fourth-order valence-electron chi connectivity index (χ4n) is 8.13. The number of likely N-dealkylation sites (N-methyl/N-ethyl adjacent to an activating group) is 1. The summed E-state index contributed by atoms with van der Waals surface area (Å²) in [5, 5.41) is 19.1. The van der Waals surface area contributed by atoms with E-state index in [0.29, 0.717) is 19.3 Å². The molecule has 6 N–H and O–H groups in total. The number of hydrogen-bond acceptors (Lipinski definition) is 10. The van der Waals surface area contributed by atoms with E-state index in [-0.39, 0.29) is 36.5 Å². The number of carbonyl (C=O) groups is 7. The minimum atomic E-state index is -1.03. The minimum absolute atomic E-state index is 0.0971. The molecule has 68 heavy (non-hydrogen) atoms. The minimum Gasteiger partial charge on any atom is -0.392 e. The molecule has 374 valence electrons. The summed E-state index contributed by atoms with van der Waals surface area (Å²) in [6.07, 6.45) is 5.86. The molecule has 3 aromatic carbocycles. The van der Waals surface area contributed by atoms with Gasteiger partial charge in [0.15, 0.2) is 5.78 Å². The zero-order chi connectivity index (χ0) is 50.9. The van der Waals surface area contributed by atoms with Crippen molar-refractivity contribution in [2.75, 3.05) is 27.7 Å². The lowest BCUT2D eigenvalue weighted by atomic mass is 9.96. The average Bonchev–Trinajstić information content (AvgIpc) is 3.79. The molecule has 3 aromatic rings. The molecule has 1 saturated heterocycles. The van der Waals surface area contributed by atoms with Gasteiger partial charge < -0.3 is 46.3 Å². The summed E-state index contributed by atoms with van der Waals surface area (Å²) in [4.78, 5) is 90.9. The zero-order valence-electron chi connectivity index (χ0n) is 42.3. The van der Waals surface area contributed by atoms with Crippen LogP contribution in [0.15, 0.2) is 78.6 Å². The van der Waals surface area contributed by atoms with Crippen molar-refractivity contribution in [3.63, 3.8) is 0 Å². The monoisotopic (exact) mass is 942 g/mol. The Hall–Kier alpha value is -6.09. The van der Waals surface area contributed by atoms with Crippen molar-refractivity contribution in [2.45, 2.75) is 143 Å². The molecule has 1 aliphatic heterocycles. The summed E-state index contributed by atoms with van der Waals surface area (Å²) in [7, 11) is 4.74. The molecule has 1 heterocycles. The van der Waals surface area contributed by atoms with Crippen molar-refractivity contribution in [3.8, 4) is 0 Å². The van der Waals surface area contributed by atoms with Gasteiger partial charge in [0.25, 0.3) is 5.91 Å². The number of amides is 5. The van der Waals surface area contributed by atoms with Gasteiger partial charge >= 0.3 is 0 Å². The first kappa shape index (κ1) is 58.0. The van der Waals surface area contributed by atoms with Gasteiger partial charge in [-0.25, -0.2) is 0 Å². The van der Waals surface area contributed by atoms with Crippen LogP contribution in [0.25, 0.3) is 10.8 Å². The Morgan fingerprint density at radius 2 is 1.44 bits per heavy atom. The van der Waals surface area contributed by atoms with Crippen LogP contribution in [-0.4, -0.2) is 105 Å². The van der Waals surface area contributed by atoms with E-state index in [1.54, 1.807) is 27.9 Å². The highest BCUT2D eigenvalue weighted by Gasteiger charge is 2.44.